The fourth-order valence-electron chi connectivity index (χ4n) is 1.20. The molecule has 0 amide bonds. The largest absolute Gasteiger partial charge is 0.304 e. The zero-order chi connectivity index (χ0) is 9.26. The van der Waals surface area contributed by atoms with Gasteiger partial charge in [0.25, 0.3) is 0 Å². The van der Waals surface area contributed by atoms with Crippen molar-refractivity contribution in [2.45, 2.75) is 12.8 Å². The first kappa shape index (κ1) is 7.98. The molecule has 3 heteroatoms. The second-order valence-corrected chi connectivity index (χ2v) is 3.03. The molecule has 0 aliphatic rings. The van der Waals surface area contributed by atoms with Gasteiger partial charge in [0.1, 0.15) is 0 Å². The zero-order valence-electron chi connectivity index (χ0n) is 7.51. The molecule has 0 bridgehead atoms. The molecule has 0 saturated heterocycles. The van der Waals surface area contributed by atoms with E-state index in [1.54, 1.807) is 12.4 Å². The van der Waals surface area contributed by atoms with Gasteiger partial charge < -0.3 is 4.40 Å². The standard InChI is InChI=1S/C10H11N3/c1-3-8(2)9-7-13-5-4-11-6-10(13)12-9/h3-8H,1H2,2H3. The van der Waals surface area contributed by atoms with Crippen LogP contribution in [0.2, 0.25) is 0 Å². The Labute approximate surface area is 76.8 Å². The Hall–Kier alpha value is -1.64. The van der Waals surface area contributed by atoms with Crippen LogP contribution in [0.25, 0.3) is 5.65 Å². The van der Waals surface area contributed by atoms with Gasteiger partial charge >= 0.3 is 0 Å². The lowest BCUT2D eigenvalue weighted by atomic mass is 10.1. The summed E-state index contributed by atoms with van der Waals surface area (Å²) in [6.07, 6.45) is 9.27. The minimum atomic E-state index is 0.292. The predicted molar refractivity (Wildman–Crippen MR) is 51.6 cm³/mol. The van der Waals surface area contributed by atoms with Gasteiger partial charge in [0, 0.05) is 24.5 Å². The molecule has 1 unspecified atom stereocenters. The van der Waals surface area contributed by atoms with Crippen molar-refractivity contribution >= 4 is 5.65 Å². The molecule has 13 heavy (non-hydrogen) atoms. The van der Waals surface area contributed by atoms with Gasteiger partial charge in [-0.1, -0.05) is 13.0 Å². The van der Waals surface area contributed by atoms with Gasteiger partial charge in [-0.3, -0.25) is 4.98 Å². The third kappa shape index (κ3) is 1.33. The lowest BCUT2D eigenvalue weighted by Crippen LogP contribution is -1.86. The van der Waals surface area contributed by atoms with Crippen molar-refractivity contribution < 1.29 is 0 Å². The predicted octanol–water partition coefficient (Wildman–Crippen LogP) is 2.02. The van der Waals surface area contributed by atoms with E-state index in [1.807, 2.05) is 22.9 Å². The zero-order valence-corrected chi connectivity index (χ0v) is 7.51. The molecule has 0 aliphatic carbocycles. The van der Waals surface area contributed by atoms with E-state index in [0.29, 0.717) is 5.92 Å². The smallest absolute Gasteiger partial charge is 0.155 e. The van der Waals surface area contributed by atoms with Crippen molar-refractivity contribution in [3.8, 4) is 0 Å². The molecule has 1 atom stereocenters. The van der Waals surface area contributed by atoms with E-state index in [4.69, 9.17) is 0 Å². The van der Waals surface area contributed by atoms with E-state index < -0.39 is 0 Å². The summed E-state index contributed by atoms with van der Waals surface area (Å²) >= 11 is 0. The monoisotopic (exact) mass is 173 g/mol. The van der Waals surface area contributed by atoms with E-state index in [-0.39, 0.29) is 0 Å². The number of hydrogen-bond acceptors (Lipinski definition) is 2. The maximum absolute atomic E-state index is 4.41. The molecule has 0 radical (unpaired) electrons. The van der Waals surface area contributed by atoms with Crippen molar-refractivity contribution in [3.63, 3.8) is 0 Å². The number of hydrogen-bond donors (Lipinski definition) is 0. The Morgan fingerprint density at radius 2 is 2.46 bits per heavy atom. The van der Waals surface area contributed by atoms with Crippen LogP contribution in [0.3, 0.4) is 0 Å². The maximum atomic E-state index is 4.41. The van der Waals surface area contributed by atoms with Gasteiger partial charge in [-0.25, -0.2) is 4.98 Å². The summed E-state index contributed by atoms with van der Waals surface area (Å²) < 4.78 is 1.96. The molecule has 0 N–H and O–H groups in total. The number of rotatable bonds is 2. The van der Waals surface area contributed by atoms with E-state index in [9.17, 15) is 0 Å². The third-order valence-corrected chi connectivity index (χ3v) is 2.10. The van der Waals surface area contributed by atoms with E-state index in [1.165, 1.54) is 0 Å². The molecular weight excluding hydrogens is 162 g/mol. The highest BCUT2D eigenvalue weighted by Gasteiger charge is 2.05. The van der Waals surface area contributed by atoms with Crippen LogP contribution in [-0.4, -0.2) is 14.4 Å². The first-order valence-electron chi connectivity index (χ1n) is 4.22. The molecule has 0 fully saturated rings. The Morgan fingerprint density at radius 1 is 1.62 bits per heavy atom. The Bertz CT molecular complexity index is 397. The topological polar surface area (TPSA) is 30.2 Å². The van der Waals surface area contributed by atoms with Crippen molar-refractivity contribution in [1.29, 1.82) is 0 Å². The number of imidazole rings is 1. The number of allylic oxidation sites excluding steroid dienone is 1. The quantitative estimate of drug-likeness (QED) is 0.650. The summed E-state index contributed by atoms with van der Waals surface area (Å²) in [7, 11) is 0. The first-order chi connectivity index (χ1) is 6.31. The highest BCUT2D eigenvalue weighted by atomic mass is 15.0. The van der Waals surface area contributed by atoms with Crippen molar-refractivity contribution in [3.05, 3.63) is 43.1 Å². The average molecular weight is 173 g/mol. The number of nitrogens with zero attached hydrogens (tertiary/aromatic N) is 3. The van der Waals surface area contributed by atoms with Crippen LogP contribution in [0.4, 0.5) is 0 Å². The van der Waals surface area contributed by atoms with Gasteiger partial charge in [-0.05, 0) is 0 Å². The minimum absolute atomic E-state index is 0.292. The molecule has 0 aliphatic heterocycles. The Kier molecular flexibility index (Phi) is 1.85. The average Bonchev–Trinajstić information content (AvgIpc) is 2.59. The van der Waals surface area contributed by atoms with E-state index in [0.717, 1.165) is 11.3 Å². The Balaban J connectivity index is 2.55. The molecule has 2 rings (SSSR count). The summed E-state index contributed by atoms with van der Waals surface area (Å²) in [5, 5.41) is 0. The molecule has 0 saturated carbocycles. The minimum Gasteiger partial charge on any atom is -0.304 e. The van der Waals surface area contributed by atoms with Gasteiger partial charge in [0.05, 0.1) is 11.9 Å². The van der Waals surface area contributed by atoms with Gasteiger partial charge in [-0.2, -0.15) is 0 Å². The molecule has 3 nitrogen and oxygen atoms in total. The molecule has 2 aromatic heterocycles. The van der Waals surface area contributed by atoms with Crippen molar-refractivity contribution in [1.82, 2.24) is 14.4 Å². The van der Waals surface area contributed by atoms with Gasteiger partial charge in [0.15, 0.2) is 5.65 Å². The molecule has 2 heterocycles. The van der Waals surface area contributed by atoms with Crippen molar-refractivity contribution in [2.75, 3.05) is 0 Å². The first-order valence-corrected chi connectivity index (χ1v) is 4.22. The highest BCUT2D eigenvalue weighted by Crippen LogP contribution is 2.14. The van der Waals surface area contributed by atoms with Gasteiger partial charge in [-0.15, -0.1) is 6.58 Å². The normalized spacial score (nSPS) is 13.0. The molecule has 0 aromatic carbocycles. The number of aromatic nitrogens is 3. The fraction of sp³-hybridized carbons (Fsp3) is 0.200. The molecule has 2 aromatic rings. The summed E-state index contributed by atoms with van der Waals surface area (Å²) in [6.45, 7) is 5.81. The summed E-state index contributed by atoms with van der Waals surface area (Å²) in [4.78, 5) is 8.41. The molecular formula is C10H11N3. The molecule has 66 valence electrons. The van der Waals surface area contributed by atoms with Crippen LogP contribution in [0.1, 0.15) is 18.5 Å². The van der Waals surface area contributed by atoms with Crippen LogP contribution in [0.15, 0.2) is 37.4 Å². The molecule has 0 spiro atoms. The second-order valence-electron chi connectivity index (χ2n) is 3.03. The van der Waals surface area contributed by atoms with Crippen LogP contribution in [-0.2, 0) is 0 Å². The van der Waals surface area contributed by atoms with Gasteiger partial charge in [0.2, 0.25) is 0 Å². The lowest BCUT2D eigenvalue weighted by Gasteiger charge is -1.97. The van der Waals surface area contributed by atoms with Crippen LogP contribution < -0.4 is 0 Å². The third-order valence-electron chi connectivity index (χ3n) is 2.10. The maximum Gasteiger partial charge on any atom is 0.155 e. The van der Waals surface area contributed by atoms with Crippen LogP contribution in [0.5, 0.6) is 0 Å². The number of fused-ring (bicyclic) bond motifs is 1. The second kappa shape index (κ2) is 3.01. The lowest BCUT2D eigenvalue weighted by molar-refractivity contribution is 0.926. The Morgan fingerprint density at radius 3 is 3.15 bits per heavy atom. The summed E-state index contributed by atoms with van der Waals surface area (Å²) in [5.41, 5.74) is 1.91. The van der Waals surface area contributed by atoms with Crippen LogP contribution in [0, 0.1) is 0 Å². The van der Waals surface area contributed by atoms with E-state index >= 15 is 0 Å². The van der Waals surface area contributed by atoms with Crippen molar-refractivity contribution in [2.24, 2.45) is 0 Å². The summed E-state index contributed by atoms with van der Waals surface area (Å²) in [5.74, 6) is 0.292. The SMILES string of the molecule is C=CC(C)c1cn2ccncc2n1. The highest BCUT2D eigenvalue weighted by molar-refractivity contribution is 5.37. The van der Waals surface area contributed by atoms with E-state index in [2.05, 4.69) is 23.5 Å². The van der Waals surface area contributed by atoms with Crippen LogP contribution >= 0.6 is 0 Å². The fourth-order valence-corrected chi connectivity index (χ4v) is 1.20. The summed E-state index contributed by atoms with van der Waals surface area (Å²) in [6, 6.07) is 0.